The van der Waals surface area contributed by atoms with Gasteiger partial charge in [-0.2, -0.15) is 0 Å². The van der Waals surface area contributed by atoms with Crippen molar-refractivity contribution in [1.29, 1.82) is 0 Å². The van der Waals surface area contributed by atoms with Gasteiger partial charge in [0.25, 0.3) is 0 Å². The summed E-state index contributed by atoms with van der Waals surface area (Å²) in [7, 11) is 0. The van der Waals surface area contributed by atoms with Crippen molar-refractivity contribution in [2.24, 2.45) is 0 Å². The first-order valence-corrected chi connectivity index (χ1v) is 12.6. The SMILES string of the molecule is CCCCCC(=O)c1ccc2c(C(=O)[C@@H](NCCc3ccc(C)cc3)c3ccccc3)c[nH]c2c1. The van der Waals surface area contributed by atoms with E-state index in [4.69, 9.17) is 0 Å². The van der Waals surface area contributed by atoms with E-state index in [0.717, 1.165) is 42.1 Å². The molecule has 0 radical (unpaired) electrons. The van der Waals surface area contributed by atoms with E-state index in [1.165, 1.54) is 11.1 Å². The van der Waals surface area contributed by atoms with Crippen LogP contribution in [0.2, 0.25) is 0 Å². The van der Waals surface area contributed by atoms with Gasteiger partial charge in [-0.05, 0) is 37.0 Å². The predicted octanol–water partition coefficient (Wildman–Crippen LogP) is 7.00. The number of aromatic nitrogens is 1. The zero-order valence-electron chi connectivity index (χ0n) is 20.6. The maximum Gasteiger partial charge on any atom is 0.186 e. The molecule has 0 saturated carbocycles. The lowest BCUT2D eigenvalue weighted by Gasteiger charge is -2.18. The Kier molecular flexibility index (Phi) is 8.27. The molecule has 4 nitrogen and oxygen atoms in total. The van der Waals surface area contributed by atoms with Crippen molar-refractivity contribution in [3.8, 4) is 0 Å². The lowest BCUT2D eigenvalue weighted by atomic mass is 9.96. The Morgan fingerprint density at radius 2 is 1.71 bits per heavy atom. The Balaban J connectivity index is 1.53. The molecule has 0 fully saturated rings. The molecule has 35 heavy (non-hydrogen) atoms. The number of carbonyl (C=O) groups excluding carboxylic acids is 2. The first kappa shape index (κ1) is 24.6. The van der Waals surface area contributed by atoms with E-state index in [-0.39, 0.29) is 11.6 Å². The zero-order valence-corrected chi connectivity index (χ0v) is 20.6. The lowest BCUT2D eigenvalue weighted by Crippen LogP contribution is -2.30. The summed E-state index contributed by atoms with van der Waals surface area (Å²) in [5, 5.41) is 4.34. The van der Waals surface area contributed by atoms with E-state index < -0.39 is 6.04 Å². The molecule has 0 aliphatic heterocycles. The highest BCUT2D eigenvalue weighted by Gasteiger charge is 2.24. The van der Waals surface area contributed by atoms with Gasteiger partial charge in [0, 0.05) is 41.2 Å². The molecule has 2 N–H and O–H groups in total. The number of nitrogens with one attached hydrogen (secondary N) is 2. The fraction of sp³-hybridized carbons (Fsp3) is 0.290. The summed E-state index contributed by atoms with van der Waals surface area (Å²) in [5.41, 5.74) is 5.58. The van der Waals surface area contributed by atoms with Crippen molar-refractivity contribution in [3.05, 3.63) is 107 Å². The zero-order chi connectivity index (χ0) is 24.6. The number of aromatic amines is 1. The van der Waals surface area contributed by atoms with Gasteiger partial charge >= 0.3 is 0 Å². The summed E-state index contributed by atoms with van der Waals surface area (Å²) < 4.78 is 0. The second kappa shape index (κ2) is 11.8. The van der Waals surface area contributed by atoms with Crippen LogP contribution in [-0.2, 0) is 6.42 Å². The number of hydrogen-bond donors (Lipinski definition) is 2. The predicted molar refractivity (Wildman–Crippen MR) is 143 cm³/mol. The van der Waals surface area contributed by atoms with Crippen LogP contribution < -0.4 is 5.32 Å². The standard InChI is InChI=1S/C31H34N2O2/c1-3-4-6-11-29(34)25-16-17-26-27(21-33-28(26)20-25)31(35)30(24-9-7-5-8-10-24)32-19-18-23-14-12-22(2)13-15-23/h5,7-10,12-17,20-21,30,32-33H,3-4,6,11,18-19H2,1-2H3/t30-/m0/s1. The molecule has 1 aromatic heterocycles. The molecule has 0 amide bonds. The molecule has 0 spiro atoms. The van der Waals surface area contributed by atoms with Crippen LogP contribution in [-0.4, -0.2) is 23.1 Å². The topological polar surface area (TPSA) is 62.0 Å². The summed E-state index contributed by atoms with van der Waals surface area (Å²) in [6, 6.07) is 23.5. The summed E-state index contributed by atoms with van der Waals surface area (Å²) in [4.78, 5) is 29.5. The third-order valence-corrected chi connectivity index (χ3v) is 6.55. The van der Waals surface area contributed by atoms with Crippen LogP contribution in [0.5, 0.6) is 0 Å². The summed E-state index contributed by atoms with van der Waals surface area (Å²) in [6.07, 6.45) is 6.24. The van der Waals surface area contributed by atoms with Crippen LogP contribution in [0.4, 0.5) is 0 Å². The molecule has 0 aliphatic rings. The molecule has 0 unspecified atom stereocenters. The molecule has 0 aliphatic carbocycles. The molecule has 4 aromatic rings. The number of rotatable bonds is 12. The number of ketones is 2. The highest BCUT2D eigenvalue weighted by Crippen LogP contribution is 2.26. The number of hydrogen-bond acceptors (Lipinski definition) is 3. The van der Waals surface area contributed by atoms with Gasteiger partial charge in [-0.1, -0.05) is 92.1 Å². The van der Waals surface area contributed by atoms with Crippen molar-refractivity contribution >= 4 is 22.5 Å². The number of unbranched alkanes of at least 4 members (excludes halogenated alkanes) is 2. The second-order valence-electron chi connectivity index (χ2n) is 9.24. The number of fused-ring (bicyclic) bond motifs is 1. The third kappa shape index (κ3) is 6.14. The van der Waals surface area contributed by atoms with Gasteiger partial charge in [0.1, 0.15) is 0 Å². The molecule has 3 aromatic carbocycles. The maximum atomic E-state index is 13.8. The fourth-order valence-corrected chi connectivity index (χ4v) is 4.46. The van der Waals surface area contributed by atoms with Gasteiger partial charge in [-0.15, -0.1) is 0 Å². The van der Waals surface area contributed by atoms with E-state index in [1.807, 2.05) is 48.5 Å². The summed E-state index contributed by atoms with van der Waals surface area (Å²) in [6.45, 7) is 4.90. The van der Waals surface area contributed by atoms with Crippen molar-refractivity contribution in [1.82, 2.24) is 10.3 Å². The molecule has 0 bridgehead atoms. The minimum Gasteiger partial charge on any atom is -0.360 e. The summed E-state index contributed by atoms with van der Waals surface area (Å²) in [5.74, 6) is 0.177. The smallest absolute Gasteiger partial charge is 0.186 e. The average Bonchev–Trinajstić information content (AvgIpc) is 3.31. The molecular formula is C31H34N2O2. The number of aryl methyl sites for hydroxylation is 1. The molecular weight excluding hydrogens is 432 g/mol. The van der Waals surface area contributed by atoms with Gasteiger partial charge in [-0.3, -0.25) is 9.59 Å². The molecule has 1 heterocycles. The van der Waals surface area contributed by atoms with E-state index in [9.17, 15) is 9.59 Å². The normalized spacial score (nSPS) is 12.1. The van der Waals surface area contributed by atoms with Crippen LogP contribution in [0, 0.1) is 6.92 Å². The van der Waals surface area contributed by atoms with Crippen molar-refractivity contribution in [3.63, 3.8) is 0 Å². The van der Waals surface area contributed by atoms with Crippen LogP contribution in [0.1, 0.15) is 76.1 Å². The highest BCUT2D eigenvalue weighted by atomic mass is 16.1. The Bertz CT molecular complexity index is 1270. The molecule has 4 rings (SSSR count). The third-order valence-electron chi connectivity index (χ3n) is 6.55. The van der Waals surface area contributed by atoms with Crippen LogP contribution >= 0.6 is 0 Å². The minimum atomic E-state index is -0.448. The Morgan fingerprint density at radius 3 is 2.46 bits per heavy atom. The van der Waals surface area contributed by atoms with E-state index in [1.54, 1.807) is 6.20 Å². The Morgan fingerprint density at radius 1 is 0.943 bits per heavy atom. The first-order valence-electron chi connectivity index (χ1n) is 12.6. The van der Waals surface area contributed by atoms with Crippen LogP contribution in [0.15, 0.2) is 79.0 Å². The fourth-order valence-electron chi connectivity index (χ4n) is 4.46. The number of H-pyrrole nitrogens is 1. The monoisotopic (exact) mass is 466 g/mol. The Hall–Kier alpha value is -3.50. The minimum absolute atomic E-state index is 0.0216. The lowest BCUT2D eigenvalue weighted by molar-refractivity contribution is 0.0943. The number of carbonyl (C=O) groups is 2. The van der Waals surface area contributed by atoms with Gasteiger partial charge in [0.15, 0.2) is 11.6 Å². The van der Waals surface area contributed by atoms with Gasteiger partial charge in [-0.25, -0.2) is 0 Å². The quantitative estimate of drug-likeness (QED) is 0.175. The van der Waals surface area contributed by atoms with Gasteiger partial charge in [0.05, 0.1) is 6.04 Å². The molecule has 180 valence electrons. The molecule has 1 atom stereocenters. The second-order valence-corrected chi connectivity index (χ2v) is 9.24. The Labute approximate surface area is 207 Å². The van der Waals surface area contributed by atoms with Gasteiger partial charge in [0.2, 0.25) is 0 Å². The van der Waals surface area contributed by atoms with Crippen LogP contribution in [0.25, 0.3) is 10.9 Å². The van der Waals surface area contributed by atoms with E-state index in [0.29, 0.717) is 24.1 Å². The van der Waals surface area contributed by atoms with E-state index >= 15 is 0 Å². The maximum absolute atomic E-state index is 13.8. The molecule has 4 heteroatoms. The molecule has 0 saturated heterocycles. The summed E-state index contributed by atoms with van der Waals surface area (Å²) >= 11 is 0. The highest BCUT2D eigenvalue weighted by molar-refractivity contribution is 6.11. The average molecular weight is 467 g/mol. The van der Waals surface area contributed by atoms with Gasteiger partial charge < -0.3 is 10.3 Å². The van der Waals surface area contributed by atoms with Crippen molar-refractivity contribution in [2.75, 3.05) is 6.54 Å². The first-order chi connectivity index (χ1) is 17.1. The van der Waals surface area contributed by atoms with Crippen molar-refractivity contribution < 1.29 is 9.59 Å². The van der Waals surface area contributed by atoms with E-state index in [2.05, 4.69) is 48.4 Å². The van der Waals surface area contributed by atoms with Crippen LogP contribution in [0.3, 0.4) is 0 Å². The number of Topliss-reactive ketones (excluding diaryl/α,β-unsaturated/α-hetero) is 2. The largest absolute Gasteiger partial charge is 0.360 e. The van der Waals surface area contributed by atoms with Crippen molar-refractivity contribution in [2.45, 2.75) is 52.0 Å². The number of benzene rings is 3.